The predicted octanol–water partition coefficient (Wildman–Crippen LogP) is 2.89. The number of hydrogen-bond donors (Lipinski definition) is 1. The second-order valence-corrected chi connectivity index (χ2v) is 4.80. The average Bonchev–Trinajstić information content (AvgIpc) is 2.61. The van der Waals surface area contributed by atoms with Gasteiger partial charge in [0.1, 0.15) is 0 Å². The Morgan fingerprint density at radius 3 is 2.67 bits per heavy atom. The normalized spacial score (nSPS) is 13.1. The summed E-state index contributed by atoms with van der Waals surface area (Å²) in [5, 5.41) is 7.60. The van der Waals surface area contributed by atoms with E-state index < -0.39 is 0 Å². The zero-order valence-electron chi connectivity index (χ0n) is 9.87. The van der Waals surface area contributed by atoms with E-state index in [9.17, 15) is 0 Å². The molecule has 15 heavy (non-hydrogen) atoms. The van der Waals surface area contributed by atoms with E-state index in [1.165, 1.54) is 16.4 Å². The molecule has 0 aliphatic carbocycles. The number of aromatic nitrogens is 2. The van der Waals surface area contributed by atoms with E-state index in [0.29, 0.717) is 5.92 Å². The van der Waals surface area contributed by atoms with Crippen molar-refractivity contribution in [3.05, 3.63) is 22.7 Å². The highest BCUT2D eigenvalue weighted by Gasteiger charge is 2.20. The zero-order valence-corrected chi connectivity index (χ0v) is 10.7. The molecule has 0 spiro atoms. The van der Waals surface area contributed by atoms with Gasteiger partial charge in [0.2, 0.25) is 0 Å². The van der Waals surface area contributed by atoms with Crippen molar-refractivity contribution in [1.29, 1.82) is 0 Å². The first-order valence-electron chi connectivity index (χ1n) is 5.28. The van der Waals surface area contributed by atoms with Crippen molar-refractivity contribution < 1.29 is 0 Å². The van der Waals surface area contributed by atoms with Gasteiger partial charge in [-0.15, -0.1) is 5.10 Å². The molecule has 0 amide bonds. The number of hydrogen-bond acceptors (Lipinski definition) is 4. The average molecular weight is 225 g/mol. The minimum absolute atomic E-state index is 0.201. The fourth-order valence-corrected chi connectivity index (χ4v) is 2.48. The first-order valence-corrected chi connectivity index (χ1v) is 6.06. The van der Waals surface area contributed by atoms with Crippen molar-refractivity contribution in [3.8, 4) is 0 Å². The first-order chi connectivity index (χ1) is 7.07. The number of likely N-dealkylation sites (N-methyl/N-ethyl adjacent to an activating group) is 1. The highest BCUT2D eigenvalue weighted by atomic mass is 32.1. The van der Waals surface area contributed by atoms with Gasteiger partial charge in [0, 0.05) is 0 Å². The molecule has 1 unspecified atom stereocenters. The number of nitrogens with one attached hydrogen (secondary N) is 1. The summed E-state index contributed by atoms with van der Waals surface area (Å²) in [6, 6.07) is 0.201. The Bertz CT molecular complexity index is 330. The third-order valence-electron chi connectivity index (χ3n) is 2.25. The Morgan fingerprint density at radius 1 is 1.53 bits per heavy atom. The molecule has 1 rings (SSSR count). The fourth-order valence-electron chi connectivity index (χ4n) is 1.50. The van der Waals surface area contributed by atoms with Crippen molar-refractivity contribution in [2.75, 3.05) is 6.54 Å². The largest absolute Gasteiger partial charge is 0.306 e. The lowest BCUT2D eigenvalue weighted by Gasteiger charge is -2.17. The molecule has 1 N–H and O–H groups in total. The van der Waals surface area contributed by atoms with Crippen LogP contribution in [0.25, 0.3) is 0 Å². The van der Waals surface area contributed by atoms with Crippen LogP contribution in [-0.4, -0.2) is 16.1 Å². The van der Waals surface area contributed by atoms with Crippen molar-refractivity contribution in [3.63, 3.8) is 0 Å². The summed E-state index contributed by atoms with van der Waals surface area (Å²) in [6.07, 6.45) is 0. The van der Waals surface area contributed by atoms with Crippen molar-refractivity contribution in [2.24, 2.45) is 0 Å². The summed E-state index contributed by atoms with van der Waals surface area (Å²) < 4.78 is 4.04. The summed E-state index contributed by atoms with van der Waals surface area (Å²) in [4.78, 5) is 1.21. The fraction of sp³-hybridized carbons (Fsp3) is 0.636. The van der Waals surface area contributed by atoms with Crippen LogP contribution in [0.5, 0.6) is 0 Å². The molecule has 0 aliphatic heterocycles. The molecule has 0 radical (unpaired) electrons. The third kappa shape index (κ3) is 2.86. The molecule has 0 aliphatic rings. The van der Waals surface area contributed by atoms with Crippen molar-refractivity contribution in [2.45, 2.75) is 39.7 Å². The molecule has 3 nitrogen and oxygen atoms in total. The van der Waals surface area contributed by atoms with Gasteiger partial charge in [-0.1, -0.05) is 37.4 Å². The maximum Gasteiger partial charge on any atom is 0.0832 e. The van der Waals surface area contributed by atoms with Crippen LogP contribution in [-0.2, 0) is 0 Å². The van der Waals surface area contributed by atoms with Crippen LogP contribution in [0.4, 0.5) is 0 Å². The molecular weight excluding hydrogens is 206 g/mol. The van der Waals surface area contributed by atoms with Gasteiger partial charge in [0.25, 0.3) is 0 Å². The lowest BCUT2D eigenvalue weighted by molar-refractivity contribution is 0.617. The highest BCUT2D eigenvalue weighted by Crippen LogP contribution is 2.29. The van der Waals surface area contributed by atoms with Gasteiger partial charge < -0.3 is 5.32 Å². The van der Waals surface area contributed by atoms with Gasteiger partial charge in [-0.25, -0.2) is 0 Å². The Kier molecular flexibility index (Phi) is 4.42. The third-order valence-corrected chi connectivity index (χ3v) is 3.06. The molecule has 0 aromatic carbocycles. The quantitative estimate of drug-likeness (QED) is 0.783. The standard InChI is InChI=1S/C11H19N3S/c1-6-12-9(7(2)3)11-10(8(4)5)13-14-15-11/h8-9,12H,2,6H2,1,3-5H3. The summed E-state index contributed by atoms with van der Waals surface area (Å²) in [6.45, 7) is 13.4. The van der Waals surface area contributed by atoms with Crippen molar-refractivity contribution in [1.82, 2.24) is 14.9 Å². The van der Waals surface area contributed by atoms with Gasteiger partial charge in [-0.3, -0.25) is 0 Å². The molecule has 1 aromatic heterocycles. The minimum atomic E-state index is 0.201. The molecule has 84 valence electrons. The topological polar surface area (TPSA) is 37.8 Å². The second kappa shape index (κ2) is 5.37. The Labute approximate surface area is 95.8 Å². The molecular formula is C11H19N3S. The SMILES string of the molecule is C=C(C)C(NCC)c1snnc1C(C)C. The molecule has 0 bridgehead atoms. The van der Waals surface area contributed by atoms with E-state index in [0.717, 1.165) is 17.8 Å². The van der Waals surface area contributed by atoms with Crippen LogP contribution in [0.3, 0.4) is 0 Å². The van der Waals surface area contributed by atoms with Crippen LogP contribution < -0.4 is 5.32 Å². The van der Waals surface area contributed by atoms with Crippen LogP contribution in [0.15, 0.2) is 12.2 Å². The molecule has 0 saturated heterocycles. The van der Waals surface area contributed by atoms with E-state index >= 15 is 0 Å². The van der Waals surface area contributed by atoms with E-state index in [2.05, 4.69) is 42.3 Å². The molecule has 4 heteroatoms. The molecule has 1 heterocycles. The van der Waals surface area contributed by atoms with E-state index in [1.54, 1.807) is 0 Å². The molecule has 0 fully saturated rings. The number of rotatable bonds is 5. The summed E-state index contributed by atoms with van der Waals surface area (Å²) in [5.74, 6) is 0.416. The summed E-state index contributed by atoms with van der Waals surface area (Å²) >= 11 is 1.47. The monoisotopic (exact) mass is 225 g/mol. The summed E-state index contributed by atoms with van der Waals surface area (Å²) in [5.41, 5.74) is 2.21. The molecule has 1 aromatic rings. The van der Waals surface area contributed by atoms with Crippen molar-refractivity contribution >= 4 is 11.5 Å². The highest BCUT2D eigenvalue weighted by molar-refractivity contribution is 7.05. The van der Waals surface area contributed by atoms with Crippen LogP contribution in [0.2, 0.25) is 0 Å². The predicted molar refractivity (Wildman–Crippen MR) is 65.2 cm³/mol. The Balaban J connectivity index is 3.00. The van der Waals surface area contributed by atoms with Gasteiger partial charge >= 0.3 is 0 Å². The van der Waals surface area contributed by atoms with Crippen LogP contribution in [0.1, 0.15) is 50.2 Å². The lowest BCUT2D eigenvalue weighted by Crippen LogP contribution is -2.21. The number of nitrogens with zero attached hydrogens (tertiary/aromatic N) is 2. The Morgan fingerprint density at radius 2 is 2.20 bits per heavy atom. The van der Waals surface area contributed by atoms with Crippen LogP contribution in [0, 0.1) is 0 Å². The van der Waals surface area contributed by atoms with Gasteiger partial charge in [0.15, 0.2) is 0 Å². The second-order valence-electron chi connectivity index (χ2n) is 4.01. The minimum Gasteiger partial charge on any atom is -0.306 e. The lowest BCUT2D eigenvalue weighted by atomic mass is 10.0. The summed E-state index contributed by atoms with van der Waals surface area (Å²) in [7, 11) is 0. The molecule has 1 atom stereocenters. The maximum absolute atomic E-state index is 4.19. The first kappa shape index (κ1) is 12.3. The maximum atomic E-state index is 4.19. The van der Waals surface area contributed by atoms with Gasteiger partial charge in [-0.05, 0) is 30.9 Å². The zero-order chi connectivity index (χ0) is 11.4. The van der Waals surface area contributed by atoms with E-state index in [4.69, 9.17) is 0 Å². The van der Waals surface area contributed by atoms with Crippen LogP contribution >= 0.6 is 11.5 Å². The van der Waals surface area contributed by atoms with Gasteiger partial charge in [0.05, 0.1) is 16.6 Å². The Hall–Kier alpha value is -0.740. The van der Waals surface area contributed by atoms with E-state index in [-0.39, 0.29) is 6.04 Å². The van der Waals surface area contributed by atoms with Gasteiger partial charge in [-0.2, -0.15) is 0 Å². The van der Waals surface area contributed by atoms with E-state index in [1.807, 2.05) is 6.92 Å². The molecule has 0 saturated carbocycles. The smallest absolute Gasteiger partial charge is 0.0832 e.